The van der Waals surface area contributed by atoms with Gasteiger partial charge in [-0.15, -0.1) is 5.73 Å². The van der Waals surface area contributed by atoms with Crippen LogP contribution in [0, 0.1) is 0 Å². The smallest absolute Gasteiger partial charge is 0.282 e. The zero-order chi connectivity index (χ0) is 6.83. The lowest BCUT2D eigenvalue weighted by Gasteiger charge is -1.87. The van der Waals surface area contributed by atoms with Crippen molar-refractivity contribution in [3.63, 3.8) is 0 Å². The molecule has 0 fully saturated rings. The molecule has 0 aliphatic rings. The van der Waals surface area contributed by atoms with Gasteiger partial charge >= 0.3 is 0 Å². The Balaban J connectivity index is 0. The fourth-order valence-electron chi connectivity index (χ4n) is 0.118. The van der Waals surface area contributed by atoms with Gasteiger partial charge < -0.3 is 8.23 Å². The van der Waals surface area contributed by atoms with Crippen molar-refractivity contribution in [2.75, 3.05) is 0 Å². The van der Waals surface area contributed by atoms with Crippen molar-refractivity contribution in [2.45, 2.75) is 0 Å². The molecule has 2 nitrogen and oxygen atoms in total. The normalized spacial score (nSPS) is 8.50. The van der Waals surface area contributed by atoms with E-state index in [0.29, 0.717) is 0 Å². The fraction of sp³-hybridized carbons (Fsp3) is 0. The van der Waals surface area contributed by atoms with Crippen molar-refractivity contribution in [3.05, 3.63) is 18.9 Å². The van der Waals surface area contributed by atoms with E-state index < -0.39 is 10.0 Å². The molecule has 0 radical (unpaired) electrons. The minimum Gasteiger partial charge on any atom is -0.449 e. The minimum atomic E-state index is -0.444. The molecule has 0 aromatic heterocycles. The third kappa shape index (κ3) is 36.1. The molecule has 0 rings (SSSR count). The van der Waals surface area contributed by atoms with Crippen LogP contribution in [-0.4, -0.2) is 31.0 Å². The second kappa shape index (κ2) is 15.7. The van der Waals surface area contributed by atoms with Crippen LogP contribution in [0.2, 0.25) is 0 Å². The molecule has 0 aliphatic heterocycles. The molecule has 0 N–H and O–H groups in total. The van der Waals surface area contributed by atoms with Crippen molar-refractivity contribution >= 4 is 31.0 Å². The van der Waals surface area contributed by atoms with Crippen LogP contribution in [0.5, 0.6) is 0 Å². The third-order valence-corrected chi connectivity index (χ3v) is 2.12. The average Bonchev–Trinajstić information content (AvgIpc) is 1.71. The quantitative estimate of drug-likeness (QED) is 0.333. The Hall–Kier alpha value is 0.0906. The highest BCUT2D eigenvalue weighted by Gasteiger charge is 1.66. The molecule has 8 heavy (non-hydrogen) atoms. The van der Waals surface area contributed by atoms with Crippen LogP contribution < -0.4 is 0 Å². The van der Waals surface area contributed by atoms with E-state index in [1.54, 1.807) is 0 Å². The highest BCUT2D eigenvalue weighted by molar-refractivity contribution is 6.33. The zero-order valence-corrected chi connectivity index (χ0v) is 10.9. The molecule has 0 amide bonds. The van der Waals surface area contributed by atoms with Gasteiger partial charge in [0.15, 0.2) is 0 Å². The summed E-state index contributed by atoms with van der Waals surface area (Å²) in [5, 5.41) is 0. The van der Waals surface area contributed by atoms with Gasteiger partial charge in [-0.1, -0.05) is 13.2 Å². The Morgan fingerprint density at radius 1 is 1.25 bits per heavy atom. The van der Waals surface area contributed by atoms with Crippen LogP contribution in [0.4, 0.5) is 0 Å². The van der Waals surface area contributed by atoms with Crippen LogP contribution >= 0.6 is 0 Å². The van der Waals surface area contributed by atoms with Crippen molar-refractivity contribution < 1.29 is 8.23 Å². The van der Waals surface area contributed by atoms with Gasteiger partial charge in [0.05, 0.1) is 0 Å². The van der Waals surface area contributed by atoms with Crippen molar-refractivity contribution in [1.29, 1.82) is 0 Å². The average molecular weight is 164 g/mol. The summed E-state index contributed by atoms with van der Waals surface area (Å²) >= 11 is 0. The molecule has 0 unspecified atom stereocenters. The molecule has 48 valence electrons. The first kappa shape index (κ1) is 11.0. The Labute approximate surface area is 58.7 Å². The second-order valence-corrected chi connectivity index (χ2v) is 5.80. The highest BCUT2D eigenvalue weighted by Crippen LogP contribution is 1.52. The van der Waals surface area contributed by atoms with Gasteiger partial charge in [-0.3, -0.25) is 0 Å². The molecule has 0 atom stereocenters. The predicted octanol–water partition coefficient (Wildman–Crippen LogP) is -2.46. The van der Waals surface area contributed by atoms with E-state index in [2.05, 4.69) is 18.9 Å². The Morgan fingerprint density at radius 3 is 1.50 bits per heavy atom. The standard InChI is InChI=1S/C3H4.H8O2Si3/c1-3-2;3-1-5-2-4/h1-2H2;5H2,3-4H3. The largest absolute Gasteiger partial charge is 0.449 e. The van der Waals surface area contributed by atoms with Crippen LogP contribution in [0.25, 0.3) is 0 Å². The highest BCUT2D eigenvalue weighted by atomic mass is 28.3. The monoisotopic (exact) mass is 164 g/mol. The summed E-state index contributed by atoms with van der Waals surface area (Å²) in [5.41, 5.74) is 2.25. The third-order valence-electron chi connectivity index (χ3n) is 0.236. The Kier molecular flexibility index (Phi) is 21.5. The lowest BCUT2D eigenvalue weighted by Crippen LogP contribution is -1.96. The minimum absolute atomic E-state index is 0.444. The number of hydrogen-bond acceptors (Lipinski definition) is 2. The fourth-order valence-corrected chi connectivity index (χ4v) is 3.18. The van der Waals surface area contributed by atoms with Gasteiger partial charge in [-0.05, 0) is 0 Å². The van der Waals surface area contributed by atoms with Gasteiger partial charge in [0.1, 0.15) is 21.0 Å². The summed E-state index contributed by atoms with van der Waals surface area (Å²) in [6.07, 6.45) is 0. The molecule has 0 bridgehead atoms. The van der Waals surface area contributed by atoms with Gasteiger partial charge in [-0.25, -0.2) is 0 Å². The van der Waals surface area contributed by atoms with Crippen LogP contribution in [0.1, 0.15) is 0 Å². The summed E-state index contributed by atoms with van der Waals surface area (Å²) in [6, 6.07) is 0. The summed E-state index contributed by atoms with van der Waals surface area (Å²) in [7, 11) is 1.27. The van der Waals surface area contributed by atoms with Crippen molar-refractivity contribution in [3.8, 4) is 0 Å². The number of hydrogen-bond donors (Lipinski definition) is 0. The van der Waals surface area contributed by atoms with E-state index in [-0.39, 0.29) is 0 Å². The van der Waals surface area contributed by atoms with Gasteiger partial charge in [0, 0.05) is 0 Å². The summed E-state index contributed by atoms with van der Waals surface area (Å²) in [6.45, 7) is 6.25. The maximum atomic E-state index is 4.78. The first-order chi connectivity index (χ1) is 3.83. The van der Waals surface area contributed by atoms with E-state index >= 15 is 0 Å². The van der Waals surface area contributed by atoms with E-state index in [0.717, 1.165) is 21.0 Å². The molecule has 0 aromatic carbocycles. The first-order valence-corrected chi connectivity index (χ1v) is 4.89. The second-order valence-electron chi connectivity index (χ2n) is 0.945. The van der Waals surface area contributed by atoms with Crippen molar-refractivity contribution in [2.24, 2.45) is 0 Å². The van der Waals surface area contributed by atoms with E-state index in [4.69, 9.17) is 8.23 Å². The summed E-state index contributed by atoms with van der Waals surface area (Å²) < 4.78 is 9.56. The zero-order valence-electron chi connectivity index (χ0n) is 5.44. The van der Waals surface area contributed by atoms with E-state index in [1.807, 2.05) is 0 Å². The van der Waals surface area contributed by atoms with Crippen LogP contribution in [0.15, 0.2) is 18.9 Å². The van der Waals surface area contributed by atoms with E-state index in [9.17, 15) is 0 Å². The molecule has 0 saturated heterocycles. The lowest BCUT2D eigenvalue weighted by atomic mass is 11.0. The van der Waals surface area contributed by atoms with Gasteiger partial charge in [0.25, 0.3) is 10.0 Å². The Morgan fingerprint density at radius 2 is 1.50 bits per heavy atom. The maximum absolute atomic E-state index is 4.78. The molecule has 5 heteroatoms. The molecule has 0 saturated carbocycles. The molecule has 0 spiro atoms. The maximum Gasteiger partial charge on any atom is 0.282 e. The lowest BCUT2D eigenvalue weighted by molar-refractivity contribution is 0.513. The molecular formula is C3H12O2Si3. The molecule has 0 aliphatic carbocycles. The topological polar surface area (TPSA) is 18.5 Å². The summed E-state index contributed by atoms with van der Waals surface area (Å²) in [5.74, 6) is 0. The van der Waals surface area contributed by atoms with E-state index in [1.165, 1.54) is 0 Å². The predicted molar refractivity (Wildman–Crippen MR) is 45.4 cm³/mol. The number of rotatable bonds is 2. The van der Waals surface area contributed by atoms with Gasteiger partial charge in [0.2, 0.25) is 0 Å². The summed E-state index contributed by atoms with van der Waals surface area (Å²) in [4.78, 5) is 0. The SMILES string of the molecule is C=C=C.[SiH3]O[SiH2]O[SiH3]. The van der Waals surface area contributed by atoms with Crippen LogP contribution in [-0.2, 0) is 8.23 Å². The molecule has 0 aromatic rings. The van der Waals surface area contributed by atoms with Crippen molar-refractivity contribution in [1.82, 2.24) is 0 Å². The van der Waals surface area contributed by atoms with Gasteiger partial charge in [-0.2, -0.15) is 0 Å². The Bertz CT molecular complexity index is 57.5. The van der Waals surface area contributed by atoms with Crippen LogP contribution in [0.3, 0.4) is 0 Å². The molecular weight excluding hydrogens is 152 g/mol. The molecule has 0 heterocycles. The first-order valence-electron chi connectivity index (χ1n) is 2.10.